The van der Waals surface area contributed by atoms with Crippen LogP contribution in [0.15, 0.2) is 170 Å². The van der Waals surface area contributed by atoms with Gasteiger partial charge in [0.25, 0.3) is 0 Å². The molecule has 10 nitrogen and oxygen atoms in total. The van der Waals surface area contributed by atoms with E-state index in [0.717, 1.165) is 16.2 Å². The lowest BCUT2D eigenvalue weighted by atomic mass is 9.48. The Morgan fingerprint density at radius 3 is 1.05 bits per heavy atom. The van der Waals surface area contributed by atoms with E-state index < -0.39 is 84.2 Å². The van der Waals surface area contributed by atoms with Crippen LogP contribution in [0.25, 0.3) is 43.1 Å². The smallest absolute Gasteiger partial charge is 0.326 e. The molecule has 0 saturated heterocycles. The zero-order valence-corrected chi connectivity index (χ0v) is 36.3. The summed E-state index contributed by atoms with van der Waals surface area (Å²) in [5.74, 6) is -12.5. The van der Waals surface area contributed by atoms with Crippen LogP contribution in [-0.2, 0) is 28.7 Å². The average molecular weight is 879 g/mol. The van der Waals surface area contributed by atoms with Crippen molar-refractivity contribution in [2.45, 2.75) is 38.5 Å². The zero-order chi connectivity index (χ0) is 46.6. The zero-order valence-electron chi connectivity index (χ0n) is 36.3. The highest BCUT2D eigenvalue weighted by atomic mass is 16.6. The number of benzene rings is 8. The molecular formula is C56H46O10. The first-order valence-electron chi connectivity index (χ1n) is 21.8. The number of hydrogen-bond acceptors (Lipinski definition) is 8. The van der Waals surface area contributed by atoms with E-state index in [0.29, 0.717) is 26.9 Å². The number of ketones is 2. The van der Waals surface area contributed by atoms with E-state index in [1.165, 1.54) is 19.9 Å². The van der Waals surface area contributed by atoms with Gasteiger partial charge in [-0.1, -0.05) is 158 Å². The second kappa shape index (κ2) is 18.6. The van der Waals surface area contributed by atoms with Gasteiger partial charge in [0.2, 0.25) is 0 Å². The normalized spacial score (nSPS) is 12.7. The highest BCUT2D eigenvalue weighted by Crippen LogP contribution is 2.61. The van der Waals surface area contributed by atoms with Gasteiger partial charge in [-0.25, -0.2) is 0 Å². The molecule has 0 aliphatic rings. The van der Waals surface area contributed by atoms with Gasteiger partial charge in [0, 0.05) is 35.8 Å². The van der Waals surface area contributed by atoms with Gasteiger partial charge in [0.05, 0.1) is 13.2 Å². The van der Waals surface area contributed by atoms with Crippen molar-refractivity contribution >= 4 is 78.5 Å². The number of rotatable bonds is 17. The van der Waals surface area contributed by atoms with Gasteiger partial charge in [0.15, 0.2) is 22.4 Å². The Hall–Kier alpha value is -7.98. The Labute approximate surface area is 380 Å². The number of carboxylic acids is 2. The van der Waals surface area contributed by atoms with Crippen LogP contribution in [0.1, 0.15) is 70.4 Å². The van der Waals surface area contributed by atoms with E-state index in [-0.39, 0.29) is 22.3 Å². The summed E-state index contributed by atoms with van der Waals surface area (Å²) in [5, 5.41) is 29.8. The Kier molecular flexibility index (Phi) is 12.6. The molecule has 2 atom stereocenters. The molecule has 2 unspecified atom stereocenters. The highest BCUT2D eigenvalue weighted by molar-refractivity contribution is 6.17. The summed E-state index contributed by atoms with van der Waals surface area (Å²) in [4.78, 5) is 91.1. The summed E-state index contributed by atoms with van der Waals surface area (Å²) in [7, 11) is 0. The van der Waals surface area contributed by atoms with Gasteiger partial charge in [-0.05, 0) is 80.2 Å². The molecule has 330 valence electrons. The molecule has 0 fully saturated rings. The molecule has 8 aromatic carbocycles. The molecule has 2 N–H and O–H groups in total. The topological polar surface area (TPSA) is 161 Å². The first-order chi connectivity index (χ1) is 31.9. The number of carbonyl (C=O) groups is 6. The molecule has 0 aliphatic carbocycles. The maximum absolute atomic E-state index is 15.6. The predicted molar refractivity (Wildman–Crippen MR) is 253 cm³/mol. The second-order valence-corrected chi connectivity index (χ2v) is 16.4. The van der Waals surface area contributed by atoms with Gasteiger partial charge in [-0.2, -0.15) is 0 Å². The van der Waals surface area contributed by atoms with E-state index >= 15 is 14.4 Å². The van der Waals surface area contributed by atoms with Gasteiger partial charge >= 0.3 is 23.9 Å². The molecule has 8 aromatic rings. The van der Waals surface area contributed by atoms with Crippen molar-refractivity contribution < 1.29 is 48.5 Å². The van der Waals surface area contributed by atoms with Gasteiger partial charge in [-0.15, -0.1) is 0 Å². The van der Waals surface area contributed by atoms with Crippen LogP contribution in [0.2, 0.25) is 0 Å². The molecule has 0 saturated carbocycles. The van der Waals surface area contributed by atoms with Crippen LogP contribution in [-0.4, -0.2) is 58.9 Å². The molecule has 8 rings (SSSR count). The van der Waals surface area contributed by atoms with Crippen LogP contribution in [0.4, 0.5) is 0 Å². The van der Waals surface area contributed by atoms with E-state index in [2.05, 4.69) is 0 Å². The fourth-order valence-electron chi connectivity index (χ4n) is 9.68. The van der Waals surface area contributed by atoms with Gasteiger partial charge in [-0.3, -0.25) is 28.8 Å². The summed E-state index contributed by atoms with van der Waals surface area (Å²) in [5.41, 5.74) is -6.58. The van der Waals surface area contributed by atoms with Crippen molar-refractivity contribution in [2.75, 3.05) is 13.2 Å². The van der Waals surface area contributed by atoms with Crippen molar-refractivity contribution in [3.63, 3.8) is 0 Å². The van der Waals surface area contributed by atoms with Crippen molar-refractivity contribution in [2.24, 2.45) is 10.8 Å². The van der Waals surface area contributed by atoms with Crippen LogP contribution in [0, 0.1) is 10.8 Å². The Morgan fingerprint density at radius 2 is 0.712 bits per heavy atom. The number of hydrogen-bond donors (Lipinski definition) is 2. The number of carbonyl (C=O) groups excluding carboxylic acids is 4. The summed E-state index contributed by atoms with van der Waals surface area (Å²) >= 11 is 0. The standard InChI is InChI=1S/C56H46O10/c1-3-65-53(63)56(54(64)66-4-2,48(44-26-22-36-14-6-10-18-40(36)30-44)34-50(58)46-28-24-38-16-8-12-20-42(38)32-46)55(51(59)60,52(61)62)47(43-25-21-35-13-5-9-17-39(35)29-43)33-49(57)45-27-23-37-15-7-11-19-41(37)31-45/h5-32,47-48H,3-4,33-34H2,1-2H3,(H,59,60)(H,61,62). The van der Waals surface area contributed by atoms with E-state index in [1.807, 2.05) is 48.5 Å². The number of Topliss-reactive ketones (excluding diaryl/α,β-unsaturated/α-hetero) is 2. The Balaban J connectivity index is 1.47. The summed E-state index contributed by atoms with van der Waals surface area (Å²) < 4.78 is 11.5. The van der Waals surface area contributed by atoms with E-state index in [9.17, 15) is 24.6 Å². The molecule has 10 heteroatoms. The lowest BCUT2D eigenvalue weighted by Gasteiger charge is -2.49. The maximum atomic E-state index is 15.6. The minimum Gasteiger partial charge on any atom is -0.480 e. The number of esters is 2. The predicted octanol–water partition coefficient (Wildman–Crippen LogP) is 11.0. The van der Waals surface area contributed by atoms with Crippen LogP contribution in [0.3, 0.4) is 0 Å². The lowest BCUT2D eigenvalue weighted by molar-refractivity contribution is -0.205. The van der Waals surface area contributed by atoms with Crippen LogP contribution >= 0.6 is 0 Å². The number of ether oxygens (including phenoxy) is 2. The summed E-state index contributed by atoms with van der Waals surface area (Å²) in [6.07, 6.45) is -1.58. The van der Waals surface area contributed by atoms with Gasteiger partial charge in [0.1, 0.15) is 0 Å². The fraction of sp³-hybridized carbons (Fsp3) is 0.179. The van der Waals surface area contributed by atoms with Crippen molar-refractivity contribution in [3.8, 4) is 0 Å². The summed E-state index contributed by atoms with van der Waals surface area (Å²) in [6.45, 7) is 2.03. The molecular weight excluding hydrogens is 833 g/mol. The minimum atomic E-state index is -3.61. The molecule has 0 heterocycles. The molecule has 0 amide bonds. The third-order valence-corrected chi connectivity index (χ3v) is 12.8. The first kappa shape index (κ1) is 44.6. The molecule has 0 aromatic heterocycles. The van der Waals surface area contributed by atoms with Gasteiger partial charge < -0.3 is 19.7 Å². The monoisotopic (exact) mass is 878 g/mol. The molecule has 0 aliphatic heterocycles. The SMILES string of the molecule is CCOC(=O)C(C(=O)OCC)(C(CC(=O)c1ccc2ccccc2c1)c1ccc2ccccc2c1)C(C(=O)O)(C(=O)O)C(CC(=O)c1ccc2ccccc2c1)c1ccc2ccccc2c1. The third-order valence-electron chi connectivity index (χ3n) is 12.8. The molecule has 66 heavy (non-hydrogen) atoms. The number of aliphatic carboxylic acids is 2. The molecule has 0 radical (unpaired) electrons. The third kappa shape index (κ3) is 7.85. The molecule has 0 bridgehead atoms. The van der Waals surface area contributed by atoms with Crippen molar-refractivity contribution in [1.29, 1.82) is 0 Å². The quantitative estimate of drug-likeness (QED) is 0.0511. The van der Waals surface area contributed by atoms with E-state index in [1.54, 1.807) is 115 Å². The number of fused-ring (bicyclic) bond motifs is 4. The second-order valence-electron chi connectivity index (χ2n) is 16.4. The largest absolute Gasteiger partial charge is 0.480 e. The highest BCUT2D eigenvalue weighted by Gasteiger charge is 2.78. The van der Waals surface area contributed by atoms with E-state index in [4.69, 9.17) is 9.47 Å². The maximum Gasteiger partial charge on any atom is 0.326 e. The van der Waals surface area contributed by atoms with Crippen LogP contribution in [0.5, 0.6) is 0 Å². The Morgan fingerprint density at radius 1 is 0.409 bits per heavy atom. The average Bonchev–Trinajstić information content (AvgIpc) is 3.33. The summed E-state index contributed by atoms with van der Waals surface area (Å²) in [6, 6.07) is 48.4. The van der Waals surface area contributed by atoms with Crippen molar-refractivity contribution in [3.05, 3.63) is 192 Å². The molecule has 0 spiro atoms. The first-order valence-corrected chi connectivity index (χ1v) is 21.8. The lowest BCUT2D eigenvalue weighted by Crippen LogP contribution is -2.67. The fourth-order valence-corrected chi connectivity index (χ4v) is 9.68. The van der Waals surface area contributed by atoms with Crippen LogP contribution < -0.4 is 0 Å². The number of carboxylic acid groups (broad SMARTS) is 2. The minimum absolute atomic E-state index is 0.0312. The van der Waals surface area contributed by atoms with Crippen molar-refractivity contribution in [1.82, 2.24) is 0 Å². The Bertz CT molecular complexity index is 3170.